The molecule has 0 unspecified atom stereocenters. The Morgan fingerprint density at radius 1 is 1.15 bits per heavy atom. The van der Waals surface area contributed by atoms with E-state index in [1.54, 1.807) is 35.7 Å². The van der Waals surface area contributed by atoms with Gasteiger partial charge in [0.25, 0.3) is 5.78 Å². The van der Waals surface area contributed by atoms with E-state index in [1.165, 1.54) is 6.07 Å². The van der Waals surface area contributed by atoms with Crippen LogP contribution in [0.2, 0.25) is 0 Å². The van der Waals surface area contributed by atoms with Crippen molar-refractivity contribution in [3.05, 3.63) is 53.4 Å². The predicted molar refractivity (Wildman–Crippen MR) is 139 cm³/mol. The molecule has 13 heteroatoms. The first-order valence-electron chi connectivity index (χ1n) is 13.2. The van der Waals surface area contributed by atoms with Gasteiger partial charge in [-0.2, -0.15) is 18.2 Å². The summed E-state index contributed by atoms with van der Waals surface area (Å²) in [6.07, 6.45) is -2.56. The Labute approximate surface area is 230 Å². The third-order valence-electron chi connectivity index (χ3n) is 8.00. The summed E-state index contributed by atoms with van der Waals surface area (Å²) in [5.74, 6) is 5.70. The summed E-state index contributed by atoms with van der Waals surface area (Å²) in [7, 11) is 0. The van der Waals surface area contributed by atoms with Crippen LogP contribution in [-0.4, -0.2) is 55.3 Å². The summed E-state index contributed by atoms with van der Waals surface area (Å²) in [4.78, 5) is 23.5. The van der Waals surface area contributed by atoms with Gasteiger partial charge in [0.05, 0.1) is 29.8 Å². The molecule has 0 atom stereocenters. The Hall–Kier alpha value is -4.31. The van der Waals surface area contributed by atoms with E-state index in [2.05, 4.69) is 37.3 Å². The molecule has 0 radical (unpaired) electrons. The molecule has 2 saturated carbocycles. The number of aromatic nitrogens is 5. The zero-order chi connectivity index (χ0) is 28.6. The number of nitrogens with zero attached hydrogens (tertiary/aromatic N) is 6. The molecule has 4 heterocycles. The van der Waals surface area contributed by atoms with Gasteiger partial charge in [-0.05, 0) is 56.7 Å². The molecule has 41 heavy (non-hydrogen) atoms. The van der Waals surface area contributed by atoms with Gasteiger partial charge in [-0.25, -0.2) is 9.37 Å². The van der Waals surface area contributed by atoms with Crippen molar-refractivity contribution in [1.82, 2.24) is 29.9 Å². The highest BCUT2D eigenvalue weighted by Gasteiger charge is 2.69. The first kappa shape index (κ1) is 25.6. The number of benzene rings is 1. The van der Waals surface area contributed by atoms with Crippen molar-refractivity contribution in [2.75, 3.05) is 18.1 Å². The number of nitrogens with one attached hydrogen (secondary N) is 1. The Kier molecular flexibility index (Phi) is 5.53. The Balaban J connectivity index is 1.28. The number of aryl methyl sites for hydroxylation is 1. The minimum atomic E-state index is -4.59. The number of hydrogen-bond acceptors (Lipinski definition) is 7. The van der Waals surface area contributed by atoms with Crippen LogP contribution in [0.1, 0.15) is 42.8 Å². The SMILES string of the molecule is Cc1nnc2nc(N3CCOCc4c3ccnc4C#CC3(NC(=O)C4(C(F)(F)F)CC4)CC3)c3c(F)cccc3n12. The molecule has 0 spiro atoms. The van der Waals surface area contributed by atoms with E-state index in [4.69, 9.17) is 4.74 Å². The molecule has 3 aliphatic rings. The van der Waals surface area contributed by atoms with Gasteiger partial charge in [0.2, 0.25) is 5.91 Å². The van der Waals surface area contributed by atoms with E-state index in [0.29, 0.717) is 71.3 Å². The average molecular weight is 566 g/mol. The van der Waals surface area contributed by atoms with Crippen molar-refractivity contribution in [1.29, 1.82) is 0 Å². The van der Waals surface area contributed by atoms with Crippen molar-refractivity contribution in [2.24, 2.45) is 5.41 Å². The predicted octanol–water partition coefficient (Wildman–Crippen LogP) is 4.13. The zero-order valence-electron chi connectivity index (χ0n) is 21.8. The second-order valence-electron chi connectivity index (χ2n) is 10.7. The molecule has 210 valence electrons. The lowest BCUT2D eigenvalue weighted by atomic mass is 10.0. The van der Waals surface area contributed by atoms with E-state index in [-0.39, 0.29) is 19.4 Å². The van der Waals surface area contributed by atoms with Gasteiger partial charge in [0.1, 0.15) is 34.1 Å². The number of amides is 1. The lowest BCUT2D eigenvalue weighted by Crippen LogP contribution is -2.46. The van der Waals surface area contributed by atoms with E-state index < -0.39 is 28.9 Å². The minimum absolute atomic E-state index is 0.160. The van der Waals surface area contributed by atoms with Crippen LogP contribution in [-0.2, 0) is 16.1 Å². The lowest BCUT2D eigenvalue weighted by molar-refractivity contribution is -0.192. The number of pyridine rings is 1. The van der Waals surface area contributed by atoms with Crippen molar-refractivity contribution in [3.63, 3.8) is 0 Å². The number of rotatable bonds is 3. The maximum absolute atomic E-state index is 15.4. The normalized spacial score (nSPS) is 18.8. The molecule has 2 aliphatic carbocycles. The largest absolute Gasteiger partial charge is 0.403 e. The number of anilines is 2. The highest BCUT2D eigenvalue weighted by atomic mass is 19.4. The van der Waals surface area contributed by atoms with Gasteiger partial charge in [-0.3, -0.25) is 9.20 Å². The number of ether oxygens (including phenoxy) is 1. The van der Waals surface area contributed by atoms with Crippen LogP contribution in [0.25, 0.3) is 16.7 Å². The number of alkyl halides is 3. The van der Waals surface area contributed by atoms with Gasteiger partial charge in [-0.15, -0.1) is 10.2 Å². The highest BCUT2D eigenvalue weighted by Crippen LogP contribution is 2.58. The van der Waals surface area contributed by atoms with Crippen molar-refractivity contribution < 1.29 is 27.1 Å². The molecule has 7 rings (SSSR count). The molecule has 4 aromatic rings. The van der Waals surface area contributed by atoms with Gasteiger partial charge in [0, 0.05) is 18.3 Å². The van der Waals surface area contributed by atoms with Crippen molar-refractivity contribution in [2.45, 2.75) is 50.9 Å². The minimum Gasteiger partial charge on any atom is -0.375 e. The van der Waals surface area contributed by atoms with Crippen LogP contribution in [0.5, 0.6) is 0 Å². The van der Waals surface area contributed by atoms with Crippen LogP contribution >= 0.6 is 0 Å². The molecule has 1 amide bonds. The van der Waals surface area contributed by atoms with E-state index in [0.717, 1.165) is 0 Å². The smallest absolute Gasteiger partial charge is 0.375 e. The summed E-state index contributed by atoms with van der Waals surface area (Å²) in [5.41, 5.74) is -1.14. The molecule has 0 saturated heterocycles. The van der Waals surface area contributed by atoms with Gasteiger partial charge < -0.3 is 15.0 Å². The molecule has 1 aliphatic heterocycles. The van der Waals surface area contributed by atoms with Crippen LogP contribution in [0.4, 0.5) is 29.1 Å². The first-order valence-corrected chi connectivity index (χ1v) is 13.2. The summed E-state index contributed by atoms with van der Waals surface area (Å²) in [6.45, 7) is 2.58. The fourth-order valence-electron chi connectivity index (χ4n) is 5.31. The van der Waals surface area contributed by atoms with E-state index in [1.807, 2.05) is 4.90 Å². The Morgan fingerprint density at radius 2 is 1.95 bits per heavy atom. The molecule has 9 nitrogen and oxygen atoms in total. The number of halogens is 4. The van der Waals surface area contributed by atoms with Crippen LogP contribution in [0.15, 0.2) is 30.5 Å². The molecule has 1 aromatic carbocycles. The molecule has 2 fully saturated rings. The quantitative estimate of drug-likeness (QED) is 0.295. The highest BCUT2D eigenvalue weighted by molar-refractivity contribution is 5.94. The van der Waals surface area contributed by atoms with Gasteiger partial charge in [-0.1, -0.05) is 12.0 Å². The molecule has 0 bridgehead atoms. The van der Waals surface area contributed by atoms with E-state index in [9.17, 15) is 18.0 Å². The van der Waals surface area contributed by atoms with Crippen LogP contribution < -0.4 is 10.2 Å². The molecular formula is C28H23F4N7O2. The van der Waals surface area contributed by atoms with Crippen molar-refractivity contribution >= 4 is 34.1 Å². The second kappa shape index (κ2) is 8.84. The van der Waals surface area contributed by atoms with E-state index >= 15 is 4.39 Å². The molecular weight excluding hydrogens is 542 g/mol. The third-order valence-corrected chi connectivity index (χ3v) is 8.00. The standard InChI is InChI=1S/C28H23F4N7O2/c1-16-36-37-25-34-23(22-18(29)3-2-4-21(22)39(16)25)38-13-14-41-15-17-19(33-12-6-20(17)38)5-7-26(8-9-26)35-24(40)27(10-11-27)28(30,31)32/h2-4,6,12H,8-11,13-15H2,1H3,(H,35,40). The molecule has 1 N–H and O–H groups in total. The van der Waals surface area contributed by atoms with Crippen molar-refractivity contribution in [3.8, 4) is 11.8 Å². The lowest BCUT2D eigenvalue weighted by Gasteiger charge is -2.25. The fraction of sp³-hybridized carbons (Fsp3) is 0.393. The van der Waals surface area contributed by atoms with Gasteiger partial charge >= 0.3 is 6.18 Å². The summed E-state index contributed by atoms with van der Waals surface area (Å²) in [6, 6.07) is 6.52. The summed E-state index contributed by atoms with van der Waals surface area (Å²) < 4.78 is 63.2. The average Bonchev–Trinajstić information content (AvgIpc) is 3.85. The summed E-state index contributed by atoms with van der Waals surface area (Å²) >= 11 is 0. The Bertz CT molecular complexity index is 1800. The second-order valence-corrected chi connectivity index (χ2v) is 10.7. The van der Waals surface area contributed by atoms with Crippen LogP contribution in [0, 0.1) is 30.0 Å². The van der Waals surface area contributed by atoms with Crippen LogP contribution in [0.3, 0.4) is 0 Å². The first-order chi connectivity index (χ1) is 19.6. The maximum Gasteiger partial charge on any atom is 0.403 e. The van der Waals surface area contributed by atoms with Gasteiger partial charge in [0.15, 0.2) is 0 Å². The zero-order valence-corrected chi connectivity index (χ0v) is 21.8. The molecule has 3 aromatic heterocycles. The fourth-order valence-corrected chi connectivity index (χ4v) is 5.31. The third kappa shape index (κ3) is 4.08. The number of hydrogen-bond donors (Lipinski definition) is 1. The number of carbonyl (C=O) groups is 1. The Morgan fingerprint density at radius 3 is 2.68 bits per heavy atom. The monoisotopic (exact) mass is 565 g/mol. The maximum atomic E-state index is 15.4. The number of fused-ring (bicyclic) bond motifs is 4. The summed E-state index contributed by atoms with van der Waals surface area (Å²) in [5, 5.41) is 11.1. The topological polar surface area (TPSA) is 97.5 Å². The number of carbonyl (C=O) groups excluding carboxylic acids is 1.